The van der Waals surface area contributed by atoms with Crippen LogP contribution in [0.2, 0.25) is 18.6 Å². The molecule has 0 spiro atoms. The molecule has 5 heteroatoms. The van der Waals surface area contributed by atoms with Crippen molar-refractivity contribution >= 4 is 31.9 Å². The summed E-state index contributed by atoms with van der Waals surface area (Å²) in [4.78, 5) is 0. The zero-order valence-corrected chi connectivity index (χ0v) is 21.3. The van der Waals surface area contributed by atoms with Crippen LogP contribution in [-0.4, -0.2) is 13.2 Å². The monoisotopic (exact) mass is 437 g/mol. The standard InChI is InChI=1S/C19H32OSi.CH3.2ClH.Ti/c1-11-9-12(2)18(20)17(10-11)21(7,8)19-15(5)13(3)14(4)16(19)6;;;;/h9-10,13-16,19-20H,1-8H3;1H3;2*1H;/q;-1;;;+2/p-2. The Labute approximate surface area is 173 Å². The van der Waals surface area contributed by atoms with Crippen molar-refractivity contribution in [3.05, 3.63) is 30.7 Å². The number of phenols is 1. The fraction of sp³-hybridized carbons (Fsp3) is 0.650. The number of aryl methyl sites for hydroxylation is 2. The number of hydrogen-bond acceptors (Lipinski definition) is 1. The third kappa shape index (κ3) is 5.29. The van der Waals surface area contributed by atoms with Gasteiger partial charge >= 0.3 is 35.6 Å². The second-order valence-corrected chi connectivity index (χ2v) is 15.5. The van der Waals surface area contributed by atoms with E-state index in [9.17, 15) is 5.11 Å². The van der Waals surface area contributed by atoms with E-state index >= 15 is 0 Å². The van der Waals surface area contributed by atoms with Crippen LogP contribution >= 0.6 is 18.6 Å². The molecule has 1 aliphatic rings. The number of halogens is 2. The van der Waals surface area contributed by atoms with E-state index in [-0.39, 0.29) is 7.43 Å². The summed E-state index contributed by atoms with van der Waals surface area (Å²) in [5.74, 6) is 3.62. The van der Waals surface area contributed by atoms with Crippen LogP contribution in [0.4, 0.5) is 0 Å². The molecule has 2 rings (SSSR count). The van der Waals surface area contributed by atoms with Gasteiger partial charge in [0.1, 0.15) is 5.75 Å². The topological polar surface area (TPSA) is 20.2 Å². The molecule has 1 nitrogen and oxygen atoms in total. The van der Waals surface area contributed by atoms with Crippen molar-refractivity contribution < 1.29 is 22.1 Å². The van der Waals surface area contributed by atoms with E-state index < -0.39 is 25.1 Å². The Kier molecular flexibility index (Phi) is 10.4. The maximum absolute atomic E-state index is 10.7. The van der Waals surface area contributed by atoms with E-state index in [1.165, 1.54) is 10.8 Å². The SMILES string of the molecule is Cc1cc(C)c(O)c([Si](C)(C)C2C(C)C(C)C(C)C2C)c1.[CH3-].[Cl][Ti][Cl]. The first-order chi connectivity index (χ1) is 11.0. The predicted octanol–water partition coefficient (Wildman–Crippen LogP) is 6.68. The van der Waals surface area contributed by atoms with Crippen LogP contribution < -0.4 is 5.19 Å². The Morgan fingerprint density at radius 3 is 1.72 bits per heavy atom. The average molecular weight is 438 g/mol. The summed E-state index contributed by atoms with van der Waals surface area (Å²) in [6.07, 6.45) is 0. The first kappa shape index (κ1) is 25.5. The Morgan fingerprint density at radius 1 is 0.920 bits per heavy atom. The van der Waals surface area contributed by atoms with Crippen molar-refractivity contribution in [2.24, 2.45) is 23.7 Å². The van der Waals surface area contributed by atoms with E-state index in [1.807, 2.05) is 6.92 Å². The third-order valence-corrected chi connectivity index (χ3v) is 11.1. The molecule has 0 aromatic heterocycles. The second-order valence-electron chi connectivity index (χ2n) is 8.23. The van der Waals surface area contributed by atoms with Gasteiger partial charge in [0.2, 0.25) is 0 Å². The molecular weight excluding hydrogens is 403 g/mol. The molecular formula is C20H35Cl2OSiTi-. The Balaban J connectivity index is 0.00000134. The normalized spacial score (nSPS) is 28.6. The van der Waals surface area contributed by atoms with Gasteiger partial charge < -0.3 is 12.5 Å². The quantitative estimate of drug-likeness (QED) is 0.404. The van der Waals surface area contributed by atoms with Gasteiger partial charge in [-0.25, -0.2) is 0 Å². The van der Waals surface area contributed by atoms with E-state index in [0.29, 0.717) is 5.75 Å². The van der Waals surface area contributed by atoms with Crippen molar-refractivity contribution in [3.8, 4) is 5.75 Å². The van der Waals surface area contributed by atoms with E-state index in [2.05, 4.69) is 59.8 Å². The number of aromatic hydroxyl groups is 1. The molecule has 0 aliphatic heterocycles. The fourth-order valence-corrected chi connectivity index (χ4v) is 10.0. The van der Waals surface area contributed by atoms with Crippen LogP contribution in [0.5, 0.6) is 5.75 Å². The van der Waals surface area contributed by atoms with Crippen molar-refractivity contribution in [2.45, 2.75) is 60.2 Å². The molecule has 0 bridgehead atoms. The predicted molar refractivity (Wildman–Crippen MR) is 113 cm³/mol. The molecule has 0 heterocycles. The molecule has 1 saturated carbocycles. The molecule has 144 valence electrons. The van der Waals surface area contributed by atoms with Crippen molar-refractivity contribution in [1.29, 1.82) is 0 Å². The van der Waals surface area contributed by atoms with Crippen LogP contribution in [0.1, 0.15) is 38.8 Å². The van der Waals surface area contributed by atoms with Crippen LogP contribution in [-0.2, 0) is 17.0 Å². The molecule has 25 heavy (non-hydrogen) atoms. The van der Waals surface area contributed by atoms with Gasteiger partial charge in [0.25, 0.3) is 0 Å². The van der Waals surface area contributed by atoms with Gasteiger partial charge in [-0.15, -0.1) is 0 Å². The van der Waals surface area contributed by atoms with E-state index in [0.717, 1.165) is 34.8 Å². The molecule has 1 aromatic carbocycles. The maximum atomic E-state index is 10.7. The molecule has 0 amide bonds. The third-order valence-electron chi connectivity index (χ3n) is 6.59. The van der Waals surface area contributed by atoms with Gasteiger partial charge in [-0.05, 0) is 53.8 Å². The van der Waals surface area contributed by atoms with Gasteiger partial charge in [0.15, 0.2) is 0 Å². The molecule has 1 aromatic rings. The molecule has 1 fully saturated rings. The number of rotatable bonds is 2. The molecule has 1 aliphatic carbocycles. The minimum atomic E-state index is -1.71. The number of benzene rings is 1. The minimum absolute atomic E-state index is 0. The van der Waals surface area contributed by atoms with Gasteiger partial charge in [0, 0.05) is 0 Å². The summed E-state index contributed by atoms with van der Waals surface area (Å²) < 4.78 is 0. The van der Waals surface area contributed by atoms with Crippen LogP contribution in [0.25, 0.3) is 0 Å². The summed E-state index contributed by atoms with van der Waals surface area (Å²) in [5, 5.41) is 11.9. The first-order valence-corrected chi connectivity index (χ1v) is 16.1. The zero-order chi connectivity index (χ0) is 18.8. The summed E-state index contributed by atoms with van der Waals surface area (Å²) >= 11 is -0.556. The van der Waals surface area contributed by atoms with Gasteiger partial charge in [0.05, 0.1) is 8.07 Å². The molecule has 1 N–H and O–H groups in total. The van der Waals surface area contributed by atoms with Gasteiger partial charge in [-0.2, -0.15) is 0 Å². The Hall–Kier alpha value is 0.531. The summed E-state index contributed by atoms with van der Waals surface area (Å²) in [7, 11) is 8.06. The summed E-state index contributed by atoms with van der Waals surface area (Å²) in [6.45, 7) is 18.8. The van der Waals surface area contributed by atoms with Crippen LogP contribution in [0.3, 0.4) is 0 Å². The first-order valence-electron chi connectivity index (χ1n) is 8.77. The van der Waals surface area contributed by atoms with Crippen molar-refractivity contribution in [2.75, 3.05) is 0 Å². The van der Waals surface area contributed by atoms with E-state index in [4.69, 9.17) is 18.6 Å². The molecule has 4 unspecified atom stereocenters. The summed E-state index contributed by atoms with van der Waals surface area (Å²) in [6, 6.07) is 4.34. The second kappa shape index (κ2) is 10.2. The average Bonchev–Trinajstić information content (AvgIpc) is 2.67. The molecule has 0 saturated heterocycles. The van der Waals surface area contributed by atoms with Crippen molar-refractivity contribution in [1.82, 2.24) is 0 Å². The summed E-state index contributed by atoms with van der Waals surface area (Å²) in [5.41, 5.74) is 3.06. The molecule has 4 atom stereocenters. The fourth-order valence-electron chi connectivity index (χ4n) is 5.04. The number of phenolic OH excluding ortho intramolecular Hbond substituents is 1. The molecule has 0 radical (unpaired) electrons. The number of hydrogen-bond donors (Lipinski definition) is 1. The van der Waals surface area contributed by atoms with Gasteiger partial charge in [-0.3, -0.25) is 0 Å². The van der Waals surface area contributed by atoms with Crippen LogP contribution in [0.15, 0.2) is 12.1 Å². The van der Waals surface area contributed by atoms with E-state index in [1.54, 1.807) is 0 Å². The zero-order valence-electron chi connectivity index (χ0n) is 17.2. The van der Waals surface area contributed by atoms with Crippen molar-refractivity contribution in [3.63, 3.8) is 0 Å². The van der Waals surface area contributed by atoms with Crippen LogP contribution in [0, 0.1) is 44.9 Å². The Bertz CT molecular complexity index is 551. The Morgan fingerprint density at radius 2 is 1.32 bits per heavy atom. The van der Waals surface area contributed by atoms with Gasteiger partial charge in [-0.1, -0.05) is 58.5 Å².